The number of nitrogens with one attached hydrogen (secondary N) is 2. The Morgan fingerprint density at radius 1 is 1.62 bits per heavy atom. The first kappa shape index (κ1) is 13.0. The molecule has 0 saturated carbocycles. The molecule has 0 radical (unpaired) electrons. The SMILES string of the molecule is CCCNC(=O)C(C)N1CCC(NC)C1=O. The molecule has 1 aliphatic heterocycles. The highest BCUT2D eigenvalue weighted by atomic mass is 16.2. The van der Waals surface area contributed by atoms with Gasteiger partial charge in [0.15, 0.2) is 0 Å². The summed E-state index contributed by atoms with van der Waals surface area (Å²) in [5, 5.41) is 5.77. The van der Waals surface area contributed by atoms with Crippen LogP contribution in [0.15, 0.2) is 0 Å². The van der Waals surface area contributed by atoms with E-state index in [2.05, 4.69) is 10.6 Å². The minimum absolute atomic E-state index is 0.0293. The summed E-state index contributed by atoms with van der Waals surface area (Å²) in [6, 6.07) is -0.487. The van der Waals surface area contributed by atoms with Gasteiger partial charge in [0, 0.05) is 13.1 Å². The van der Waals surface area contributed by atoms with Gasteiger partial charge in [-0.3, -0.25) is 9.59 Å². The Hall–Kier alpha value is -1.10. The van der Waals surface area contributed by atoms with Crippen LogP contribution >= 0.6 is 0 Å². The number of amides is 2. The zero-order valence-electron chi connectivity index (χ0n) is 10.2. The minimum atomic E-state index is -0.364. The third kappa shape index (κ3) is 2.72. The van der Waals surface area contributed by atoms with Crippen LogP contribution in [0, 0.1) is 0 Å². The Bertz CT molecular complexity index is 268. The highest BCUT2D eigenvalue weighted by molar-refractivity contribution is 5.90. The highest BCUT2D eigenvalue weighted by Gasteiger charge is 2.35. The number of likely N-dealkylation sites (N-methyl/N-ethyl adjacent to an activating group) is 1. The minimum Gasteiger partial charge on any atom is -0.354 e. The second-order valence-electron chi connectivity index (χ2n) is 4.13. The Labute approximate surface area is 96.6 Å². The van der Waals surface area contributed by atoms with Gasteiger partial charge in [0.05, 0.1) is 6.04 Å². The molecule has 1 heterocycles. The molecule has 0 aromatic carbocycles. The van der Waals surface area contributed by atoms with E-state index in [1.807, 2.05) is 6.92 Å². The van der Waals surface area contributed by atoms with Gasteiger partial charge < -0.3 is 15.5 Å². The van der Waals surface area contributed by atoms with Gasteiger partial charge in [0.25, 0.3) is 0 Å². The molecule has 1 fully saturated rings. The number of rotatable bonds is 5. The van der Waals surface area contributed by atoms with Crippen LogP contribution in [0.4, 0.5) is 0 Å². The smallest absolute Gasteiger partial charge is 0.242 e. The fourth-order valence-electron chi connectivity index (χ4n) is 1.89. The number of hydrogen-bond acceptors (Lipinski definition) is 3. The molecule has 92 valence electrons. The number of carbonyl (C=O) groups excluding carboxylic acids is 2. The number of carbonyl (C=O) groups is 2. The molecule has 2 atom stereocenters. The average Bonchev–Trinajstić information content (AvgIpc) is 2.66. The third-order valence-electron chi connectivity index (χ3n) is 2.98. The maximum atomic E-state index is 11.8. The lowest BCUT2D eigenvalue weighted by molar-refractivity contribution is -0.137. The number of nitrogens with zero attached hydrogens (tertiary/aromatic N) is 1. The fraction of sp³-hybridized carbons (Fsp3) is 0.818. The van der Waals surface area contributed by atoms with Crippen molar-refractivity contribution in [2.75, 3.05) is 20.1 Å². The average molecular weight is 227 g/mol. The van der Waals surface area contributed by atoms with Crippen LogP contribution < -0.4 is 10.6 Å². The summed E-state index contributed by atoms with van der Waals surface area (Å²) in [7, 11) is 1.77. The molecule has 0 bridgehead atoms. The summed E-state index contributed by atoms with van der Waals surface area (Å²) < 4.78 is 0. The fourth-order valence-corrected chi connectivity index (χ4v) is 1.89. The highest BCUT2D eigenvalue weighted by Crippen LogP contribution is 2.14. The Balaban J connectivity index is 2.51. The van der Waals surface area contributed by atoms with Crippen molar-refractivity contribution in [2.45, 2.75) is 38.8 Å². The summed E-state index contributed by atoms with van der Waals surface area (Å²) in [5.41, 5.74) is 0. The summed E-state index contributed by atoms with van der Waals surface area (Å²) >= 11 is 0. The van der Waals surface area contributed by atoms with Crippen LogP contribution in [0.5, 0.6) is 0 Å². The molecule has 2 amide bonds. The summed E-state index contributed by atoms with van der Waals surface area (Å²) in [6.45, 7) is 5.11. The van der Waals surface area contributed by atoms with E-state index < -0.39 is 0 Å². The van der Waals surface area contributed by atoms with Gasteiger partial charge in [0.2, 0.25) is 11.8 Å². The second kappa shape index (κ2) is 5.84. The van der Waals surface area contributed by atoms with E-state index in [-0.39, 0.29) is 23.9 Å². The lowest BCUT2D eigenvalue weighted by atomic mass is 10.2. The predicted molar refractivity (Wildman–Crippen MR) is 61.9 cm³/mol. The molecule has 0 aromatic rings. The van der Waals surface area contributed by atoms with Gasteiger partial charge in [-0.05, 0) is 26.8 Å². The summed E-state index contributed by atoms with van der Waals surface area (Å²) in [4.78, 5) is 25.2. The summed E-state index contributed by atoms with van der Waals surface area (Å²) in [6.07, 6.45) is 1.69. The first-order valence-corrected chi connectivity index (χ1v) is 5.87. The molecule has 16 heavy (non-hydrogen) atoms. The molecule has 2 N–H and O–H groups in total. The maximum absolute atomic E-state index is 11.8. The van der Waals surface area contributed by atoms with E-state index in [0.29, 0.717) is 13.1 Å². The van der Waals surface area contributed by atoms with Crippen LogP contribution in [-0.2, 0) is 9.59 Å². The molecular weight excluding hydrogens is 206 g/mol. The maximum Gasteiger partial charge on any atom is 0.242 e. The molecule has 5 nitrogen and oxygen atoms in total. The molecule has 1 aliphatic rings. The summed E-state index contributed by atoms with van der Waals surface area (Å²) in [5.74, 6) is -0.0337. The topological polar surface area (TPSA) is 61.4 Å². The lowest BCUT2D eigenvalue weighted by Crippen LogP contribution is -2.48. The standard InChI is InChI=1S/C11H21N3O2/c1-4-6-13-10(15)8(2)14-7-5-9(12-3)11(14)16/h8-9,12H,4-7H2,1-3H3,(H,13,15). The normalized spacial score (nSPS) is 22.3. The van der Waals surface area contributed by atoms with Crippen molar-refractivity contribution in [3.05, 3.63) is 0 Å². The monoisotopic (exact) mass is 227 g/mol. The molecular formula is C11H21N3O2. The molecule has 0 aromatic heterocycles. The van der Waals surface area contributed by atoms with E-state index in [9.17, 15) is 9.59 Å². The van der Waals surface area contributed by atoms with Crippen molar-refractivity contribution in [2.24, 2.45) is 0 Å². The van der Waals surface area contributed by atoms with Crippen molar-refractivity contribution in [1.29, 1.82) is 0 Å². The van der Waals surface area contributed by atoms with E-state index >= 15 is 0 Å². The van der Waals surface area contributed by atoms with Crippen molar-refractivity contribution in [1.82, 2.24) is 15.5 Å². The zero-order valence-corrected chi connectivity index (χ0v) is 10.2. The Morgan fingerprint density at radius 2 is 2.31 bits per heavy atom. The predicted octanol–water partition coefficient (Wildman–Crippen LogP) is -0.279. The Kier molecular flexibility index (Phi) is 4.73. The molecule has 0 aliphatic carbocycles. The molecule has 1 rings (SSSR count). The van der Waals surface area contributed by atoms with E-state index in [4.69, 9.17) is 0 Å². The lowest BCUT2D eigenvalue weighted by Gasteiger charge is -2.23. The first-order valence-electron chi connectivity index (χ1n) is 5.87. The number of hydrogen-bond donors (Lipinski definition) is 2. The first-order chi connectivity index (χ1) is 7.61. The van der Waals surface area contributed by atoms with Gasteiger partial charge in [-0.2, -0.15) is 0 Å². The number of likely N-dealkylation sites (tertiary alicyclic amines) is 1. The molecule has 5 heteroatoms. The van der Waals surface area contributed by atoms with Crippen LogP contribution in [0.2, 0.25) is 0 Å². The van der Waals surface area contributed by atoms with Crippen LogP contribution in [-0.4, -0.2) is 48.9 Å². The van der Waals surface area contributed by atoms with Gasteiger partial charge in [-0.15, -0.1) is 0 Å². The van der Waals surface area contributed by atoms with Crippen LogP contribution in [0.25, 0.3) is 0 Å². The van der Waals surface area contributed by atoms with Gasteiger partial charge in [-0.1, -0.05) is 6.92 Å². The van der Waals surface area contributed by atoms with Crippen molar-refractivity contribution >= 4 is 11.8 Å². The molecule has 2 unspecified atom stereocenters. The van der Waals surface area contributed by atoms with Gasteiger partial charge in [-0.25, -0.2) is 0 Å². The third-order valence-corrected chi connectivity index (χ3v) is 2.98. The van der Waals surface area contributed by atoms with E-state index in [1.54, 1.807) is 18.9 Å². The van der Waals surface area contributed by atoms with E-state index in [1.165, 1.54) is 0 Å². The second-order valence-corrected chi connectivity index (χ2v) is 4.13. The van der Waals surface area contributed by atoms with Gasteiger partial charge in [0.1, 0.15) is 6.04 Å². The molecule has 1 saturated heterocycles. The van der Waals surface area contributed by atoms with Crippen molar-refractivity contribution in [3.63, 3.8) is 0 Å². The van der Waals surface area contributed by atoms with E-state index in [0.717, 1.165) is 12.8 Å². The van der Waals surface area contributed by atoms with Crippen LogP contribution in [0.3, 0.4) is 0 Å². The quantitative estimate of drug-likeness (QED) is 0.679. The Morgan fingerprint density at radius 3 is 2.81 bits per heavy atom. The van der Waals surface area contributed by atoms with Crippen LogP contribution in [0.1, 0.15) is 26.7 Å². The van der Waals surface area contributed by atoms with Crippen molar-refractivity contribution in [3.8, 4) is 0 Å². The van der Waals surface area contributed by atoms with Gasteiger partial charge >= 0.3 is 0 Å². The largest absolute Gasteiger partial charge is 0.354 e. The zero-order chi connectivity index (χ0) is 12.1. The van der Waals surface area contributed by atoms with Crippen molar-refractivity contribution < 1.29 is 9.59 Å². The molecule has 0 spiro atoms.